The lowest BCUT2D eigenvalue weighted by atomic mass is 10.2. The van der Waals surface area contributed by atoms with Crippen LogP contribution in [-0.4, -0.2) is 45.7 Å². The Hall–Kier alpha value is -4.51. The fourth-order valence-electron chi connectivity index (χ4n) is 4.47. The summed E-state index contributed by atoms with van der Waals surface area (Å²) in [6.07, 6.45) is 2.29. The second-order valence-corrected chi connectivity index (χ2v) is 10.5. The summed E-state index contributed by atoms with van der Waals surface area (Å²) < 4.78 is 10.5. The minimum atomic E-state index is -0.790. The van der Waals surface area contributed by atoms with Crippen LogP contribution in [-0.2, 0) is 25.4 Å². The molecule has 0 saturated carbocycles. The highest BCUT2D eigenvalue weighted by Gasteiger charge is 2.26. The van der Waals surface area contributed by atoms with Gasteiger partial charge in [0.1, 0.15) is 5.60 Å². The third kappa shape index (κ3) is 4.44. The highest BCUT2D eigenvalue weighted by molar-refractivity contribution is 6.35. The number of aromatic nitrogens is 6. The number of imidazole rings is 1. The lowest BCUT2D eigenvalue weighted by Crippen LogP contribution is -2.40. The quantitative estimate of drug-likeness (QED) is 0.315. The van der Waals surface area contributed by atoms with E-state index < -0.39 is 28.7 Å². The molecule has 0 fully saturated rings. The fourth-order valence-corrected chi connectivity index (χ4v) is 4.69. The number of carbonyl (C=O) groups is 2. The van der Waals surface area contributed by atoms with Crippen molar-refractivity contribution in [1.82, 2.24) is 28.2 Å². The molecule has 0 atom stereocenters. The molecule has 12 heteroatoms. The molecule has 4 aromatic heterocycles. The van der Waals surface area contributed by atoms with Crippen LogP contribution < -0.4 is 11.2 Å². The molecule has 0 saturated heterocycles. The van der Waals surface area contributed by atoms with E-state index in [0.29, 0.717) is 27.2 Å². The highest BCUT2D eigenvalue weighted by Crippen LogP contribution is 2.28. The van der Waals surface area contributed by atoms with Crippen LogP contribution in [0.3, 0.4) is 0 Å². The van der Waals surface area contributed by atoms with E-state index in [0.717, 1.165) is 4.57 Å². The van der Waals surface area contributed by atoms with E-state index in [-0.39, 0.29) is 23.5 Å². The van der Waals surface area contributed by atoms with Crippen molar-refractivity contribution in [2.75, 3.05) is 0 Å². The Morgan fingerprint density at radius 2 is 1.72 bits per heavy atom. The first-order valence-corrected chi connectivity index (χ1v) is 12.4. The van der Waals surface area contributed by atoms with Gasteiger partial charge in [-0.3, -0.25) is 23.7 Å². The summed E-state index contributed by atoms with van der Waals surface area (Å²) in [5.74, 6) is -0.426. The number of ketones is 1. The van der Waals surface area contributed by atoms with Gasteiger partial charge >= 0.3 is 11.8 Å². The Labute approximate surface area is 226 Å². The van der Waals surface area contributed by atoms with Crippen LogP contribution >= 0.6 is 11.6 Å². The number of hydrogen-bond acceptors (Lipinski definition) is 7. The molecule has 0 bridgehead atoms. The second-order valence-electron chi connectivity index (χ2n) is 10.1. The molecular weight excluding hydrogens is 524 g/mol. The Morgan fingerprint density at radius 1 is 1.03 bits per heavy atom. The van der Waals surface area contributed by atoms with Gasteiger partial charge in [-0.2, -0.15) is 0 Å². The average Bonchev–Trinajstić information content (AvgIpc) is 3.43. The van der Waals surface area contributed by atoms with Crippen LogP contribution in [0.5, 0.6) is 0 Å². The van der Waals surface area contributed by atoms with Crippen LogP contribution in [0.2, 0.25) is 5.02 Å². The Kier molecular flexibility index (Phi) is 6.26. The SMILES string of the molecule is Cn1c(C(=O)c2ccncc2)nc2c1c(=O)n(Cc1cc3c(Cl)cccc3n1C(=O)OC(C)(C)C)c(=O)n2C. The molecule has 0 spiro atoms. The van der Waals surface area contributed by atoms with Crippen molar-refractivity contribution in [2.24, 2.45) is 14.1 Å². The van der Waals surface area contributed by atoms with E-state index in [1.807, 2.05) is 0 Å². The van der Waals surface area contributed by atoms with E-state index in [9.17, 15) is 19.2 Å². The maximum Gasteiger partial charge on any atom is 0.419 e. The van der Waals surface area contributed by atoms with Crippen molar-refractivity contribution in [3.63, 3.8) is 0 Å². The predicted octanol–water partition coefficient (Wildman–Crippen LogP) is 3.50. The van der Waals surface area contributed by atoms with Gasteiger partial charge in [0.25, 0.3) is 5.56 Å². The van der Waals surface area contributed by atoms with Gasteiger partial charge < -0.3 is 9.30 Å². The predicted molar refractivity (Wildman–Crippen MR) is 146 cm³/mol. The summed E-state index contributed by atoms with van der Waals surface area (Å²) in [6.45, 7) is 4.96. The maximum absolute atomic E-state index is 13.7. The number of nitrogens with zero attached hydrogens (tertiary/aromatic N) is 6. The molecule has 0 aliphatic heterocycles. The van der Waals surface area contributed by atoms with Crippen LogP contribution in [0.4, 0.5) is 4.79 Å². The molecule has 11 nitrogen and oxygen atoms in total. The van der Waals surface area contributed by atoms with Crippen LogP contribution in [0.15, 0.2) is 58.4 Å². The molecule has 4 heterocycles. The monoisotopic (exact) mass is 548 g/mol. The summed E-state index contributed by atoms with van der Waals surface area (Å²) in [7, 11) is 3.01. The van der Waals surface area contributed by atoms with Gasteiger partial charge in [-0.05, 0) is 51.1 Å². The number of halogens is 1. The van der Waals surface area contributed by atoms with Crippen molar-refractivity contribution in [1.29, 1.82) is 0 Å². The van der Waals surface area contributed by atoms with Gasteiger partial charge in [-0.15, -0.1) is 0 Å². The smallest absolute Gasteiger partial charge is 0.419 e. The summed E-state index contributed by atoms with van der Waals surface area (Å²) >= 11 is 6.41. The number of carbonyl (C=O) groups excluding carboxylic acids is 2. The third-order valence-corrected chi connectivity index (χ3v) is 6.60. The van der Waals surface area contributed by atoms with E-state index in [1.165, 1.54) is 40.2 Å². The largest absolute Gasteiger partial charge is 0.443 e. The van der Waals surface area contributed by atoms with Gasteiger partial charge in [0, 0.05) is 42.5 Å². The number of benzene rings is 1. The van der Waals surface area contributed by atoms with Gasteiger partial charge in [0.2, 0.25) is 5.78 Å². The third-order valence-electron chi connectivity index (χ3n) is 6.27. The molecule has 200 valence electrons. The highest BCUT2D eigenvalue weighted by atomic mass is 35.5. The fraction of sp³-hybridized carbons (Fsp3) is 0.259. The van der Waals surface area contributed by atoms with Crippen LogP contribution in [0, 0.1) is 0 Å². The zero-order valence-corrected chi connectivity index (χ0v) is 22.7. The molecule has 0 radical (unpaired) electrons. The molecule has 0 aliphatic carbocycles. The number of fused-ring (bicyclic) bond motifs is 2. The molecule has 0 amide bonds. The lowest BCUT2D eigenvalue weighted by molar-refractivity contribution is 0.0539. The van der Waals surface area contributed by atoms with Crippen LogP contribution in [0.25, 0.3) is 22.1 Å². The van der Waals surface area contributed by atoms with Gasteiger partial charge in [-0.25, -0.2) is 19.1 Å². The van der Waals surface area contributed by atoms with Crippen LogP contribution in [0.1, 0.15) is 42.6 Å². The minimum absolute atomic E-state index is 0.00398. The average molecular weight is 549 g/mol. The number of aryl methyl sites for hydroxylation is 2. The summed E-state index contributed by atoms with van der Waals surface area (Å²) in [4.78, 5) is 61.7. The van der Waals surface area contributed by atoms with Crippen molar-refractivity contribution in [3.8, 4) is 0 Å². The molecule has 1 aromatic carbocycles. The summed E-state index contributed by atoms with van der Waals surface area (Å²) in [5.41, 5.74) is -0.854. The van der Waals surface area contributed by atoms with E-state index in [2.05, 4.69) is 9.97 Å². The number of ether oxygens (including phenoxy) is 1. The first-order valence-electron chi connectivity index (χ1n) is 12.0. The van der Waals surface area contributed by atoms with Crippen molar-refractivity contribution >= 4 is 45.5 Å². The molecular formula is C27H25ClN6O5. The number of hydrogen-bond donors (Lipinski definition) is 0. The van der Waals surface area contributed by atoms with Crippen molar-refractivity contribution in [2.45, 2.75) is 32.9 Å². The van der Waals surface area contributed by atoms with Crippen molar-refractivity contribution in [3.05, 3.63) is 91.7 Å². The maximum atomic E-state index is 13.7. The molecule has 0 aliphatic rings. The Bertz CT molecular complexity index is 1910. The molecule has 0 unspecified atom stereocenters. The van der Waals surface area contributed by atoms with Gasteiger partial charge in [-0.1, -0.05) is 17.7 Å². The van der Waals surface area contributed by atoms with Gasteiger partial charge in [0.05, 0.1) is 17.8 Å². The molecule has 0 N–H and O–H groups in total. The summed E-state index contributed by atoms with van der Waals surface area (Å²) in [6, 6.07) is 9.82. The van der Waals surface area contributed by atoms with Gasteiger partial charge in [0.15, 0.2) is 17.0 Å². The zero-order valence-electron chi connectivity index (χ0n) is 21.9. The molecule has 39 heavy (non-hydrogen) atoms. The number of pyridine rings is 1. The Morgan fingerprint density at radius 3 is 2.38 bits per heavy atom. The van der Waals surface area contributed by atoms with E-state index >= 15 is 0 Å². The van der Waals surface area contributed by atoms with E-state index in [4.69, 9.17) is 16.3 Å². The van der Waals surface area contributed by atoms with Crippen molar-refractivity contribution < 1.29 is 14.3 Å². The standard InChI is InChI=1S/C27H25ClN6O5/c1-27(2,3)39-26(38)34-16(13-17-18(28)7-6-8-19(17)34)14-33-24(36)20-22(32(5)25(33)37)30-23(31(20)4)21(35)15-9-11-29-12-10-15/h6-13H,14H2,1-5H3. The number of rotatable bonds is 4. The summed E-state index contributed by atoms with van der Waals surface area (Å²) in [5, 5.41) is 0.967. The zero-order chi connectivity index (χ0) is 28.2. The normalized spacial score (nSPS) is 11.8. The first kappa shape index (κ1) is 26.1. The Balaban J connectivity index is 1.69. The molecule has 5 rings (SSSR count). The lowest BCUT2D eigenvalue weighted by Gasteiger charge is -2.21. The topological polar surface area (TPSA) is 123 Å². The molecule has 5 aromatic rings. The van der Waals surface area contributed by atoms with E-state index in [1.54, 1.807) is 57.2 Å². The minimum Gasteiger partial charge on any atom is -0.443 e. The first-order chi connectivity index (χ1) is 18.4. The second kappa shape index (κ2) is 9.35.